The molecule has 0 radical (unpaired) electrons. The van der Waals surface area contributed by atoms with Crippen LogP contribution in [0.5, 0.6) is 5.75 Å². The number of nitrogens with two attached hydrogens (primary N) is 2. The molecular weight excluding hydrogens is 344 g/mol. The Kier molecular flexibility index (Phi) is 3.46. The van der Waals surface area contributed by atoms with Gasteiger partial charge in [0.05, 0.1) is 5.41 Å². The summed E-state index contributed by atoms with van der Waals surface area (Å²) < 4.78 is 0. The van der Waals surface area contributed by atoms with Crippen LogP contribution in [0.25, 0.3) is 11.1 Å². The summed E-state index contributed by atoms with van der Waals surface area (Å²) in [5.41, 5.74) is 19.6. The first-order valence-corrected chi connectivity index (χ1v) is 9.26. The smallest absolute Gasteiger partial charge is 0.115 e. The van der Waals surface area contributed by atoms with Crippen LogP contribution >= 0.6 is 0 Å². The third kappa shape index (κ3) is 2.16. The lowest BCUT2D eigenvalue weighted by molar-refractivity contribution is 0.474. The number of nitrogen functional groups attached to an aromatic ring is 2. The lowest BCUT2D eigenvalue weighted by Gasteiger charge is -2.34. The molecule has 136 valence electrons. The minimum absolute atomic E-state index is 0.252. The predicted octanol–water partition coefficient (Wildman–Crippen LogP) is 4.92. The molecule has 4 aromatic rings. The first-order chi connectivity index (χ1) is 13.6. The minimum Gasteiger partial charge on any atom is -0.508 e. The highest BCUT2D eigenvalue weighted by Crippen LogP contribution is 2.56. The highest BCUT2D eigenvalue weighted by Gasteiger charge is 2.46. The summed E-state index contributed by atoms with van der Waals surface area (Å²) >= 11 is 0. The molecule has 0 unspecified atom stereocenters. The second kappa shape index (κ2) is 5.89. The van der Waals surface area contributed by atoms with Gasteiger partial charge in [0.1, 0.15) is 5.75 Å². The van der Waals surface area contributed by atoms with Gasteiger partial charge in [-0.05, 0) is 69.8 Å². The van der Waals surface area contributed by atoms with Crippen molar-refractivity contribution in [2.75, 3.05) is 11.5 Å². The molecule has 0 aromatic heterocycles. The van der Waals surface area contributed by atoms with Crippen molar-refractivity contribution in [3.05, 3.63) is 113 Å². The van der Waals surface area contributed by atoms with Gasteiger partial charge in [0, 0.05) is 11.4 Å². The Balaban J connectivity index is 1.96. The minimum atomic E-state index is -0.550. The van der Waals surface area contributed by atoms with Crippen molar-refractivity contribution >= 4 is 11.4 Å². The summed E-state index contributed by atoms with van der Waals surface area (Å²) in [5.74, 6) is 0.252. The Bertz CT molecular complexity index is 1130. The van der Waals surface area contributed by atoms with E-state index in [1.54, 1.807) is 6.07 Å². The van der Waals surface area contributed by atoms with Crippen LogP contribution < -0.4 is 11.5 Å². The Hall–Kier alpha value is -3.72. The van der Waals surface area contributed by atoms with Crippen molar-refractivity contribution in [1.82, 2.24) is 0 Å². The molecule has 0 fully saturated rings. The lowest BCUT2D eigenvalue weighted by atomic mass is 9.67. The fourth-order valence-electron chi connectivity index (χ4n) is 4.52. The molecule has 1 aliphatic rings. The maximum atomic E-state index is 10.3. The average molecular weight is 364 g/mol. The van der Waals surface area contributed by atoms with Gasteiger partial charge in [-0.25, -0.2) is 0 Å². The molecular formula is C25H20N2O. The summed E-state index contributed by atoms with van der Waals surface area (Å²) in [6.45, 7) is 0. The molecule has 1 aliphatic carbocycles. The number of anilines is 2. The molecule has 0 atom stereocenters. The Morgan fingerprint density at radius 2 is 1.11 bits per heavy atom. The highest BCUT2D eigenvalue weighted by molar-refractivity contribution is 5.86. The first kappa shape index (κ1) is 16.5. The van der Waals surface area contributed by atoms with Gasteiger partial charge in [0.15, 0.2) is 0 Å². The number of phenols is 1. The Morgan fingerprint density at radius 3 is 1.71 bits per heavy atom. The molecule has 0 bridgehead atoms. The summed E-state index contributed by atoms with van der Waals surface area (Å²) in [5, 5.41) is 10.3. The van der Waals surface area contributed by atoms with E-state index in [2.05, 4.69) is 48.5 Å². The number of benzene rings is 4. The van der Waals surface area contributed by atoms with Gasteiger partial charge in [0.25, 0.3) is 0 Å². The first-order valence-electron chi connectivity index (χ1n) is 9.26. The lowest BCUT2D eigenvalue weighted by Crippen LogP contribution is -2.28. The molecule has 0 aliphatic heterocycles. The number of fused-ring (bicyclic) bond motifs is 3. The van der Waals surface area contributed by atoms with E-state index in [1.165, 1.54) is 11.1 Å². The van der Waals surface area contributed by atoms with E-state index in [0.29, 0.717) is 0 Å². The van der Waals surface area contributed by atoms with Crippen molar-refractivity contribution in [1.29, 1.82) is 0 Å². The van der Waals surface area contributed by atoms with E-state index in [4.69, 9.17) is 11.5 Å². The Morgan fingerprint density at radius 1 is 0.571 bits per heavy atom. The van der Waals surface area contributed by atoms with Gasteiger partial charge in [-0.1, -0.05) is 54.6 Å². The van der Waals surface area contributed by atoms with E-state index in [0.717, 1.165) is 33.6 Å². The van der Waals surface area contributed by atoms with E-state index in [1.807, 2.05) is 36.4 Å². The molecule has 5 N–H and O–H groups in total. The highest BCUT2D eigenvalue weighted by atomic mass is 16.3. The second-order valence-corrected chi connectivity index (χ2v) is 7.27. The van der Waals surface area contributed by atoms with E-state index < -0.39 is 5.41 Å². The van der Waals surface area contributed by atoms with Crippen molar-refractivity contribution in [2.24, 2.45) is 0 Å². The van der Waals surface area contributed by atoms with Crippen LogP contribution in [-0.2, 0) is 5.41 Å². The maximum absolute atomic E-state index is 10.3. The van der Waals surface area contributed by atoms with Gasteiger partial charge in [-0.15, -0.1) is 0 Å². The predicted molar refractivity (Wildman–Crippen MR) is 114 cm³/mol. The van der Waals surface area contributed by atoms with Gasteiger partial charge >= 0.3 is 0 Å². The fourth-order valence-corrected chi connectivity index (χ4v) is 4.52. The molecule has 5 rings (SSSR count). The summed E-state index contributed by atoms with van der Waals surface area (Å²) in [4.78, 5) is 0. The van der Waals surface area contributed by atoms with E-state index >= 15 is 0 Å². The average Bonchev–Trinajstić information content (AvgIpc) is 3.00. The molecule has 28 heavy (non-hydrogen) atoms. The molecule has 0 saturated carbocycles. The Labute approximate surface area is 163 Å². The van der Waals surface area contributed by atoms with Crippen LogP contribution in [-0.4, -0.2) is 5.11 Å². The molecule has 3 nitrogen and oxygen atoms in total. The molecule has 0 heterocycles. The fraction of sp³-hybridized carbons (Fsp3) is 0.0400. The number of hydrogen-bond donors (Lipinski definition) is 3. The number of phenolic OH excluding ortho intramolecular Hbond substituents is 1. The number of rotatable bonds is 2. The molecule has 0 spiro atoms. The third-order valence-electron chi connectivity index (χ3n) is 5.72. The summed E-state index contributed by atoms with van der Waals surface area (Å²) in [6.07, 6.45) is 0. The van der Waals surface area contributed by atoms with Crippen molar-refractivity contribution < 1.29 is 5.11 Å². The molecule has 0 saturated heterocycles. The third-order valence-corrected chi connectivity index (χ3v) is 5.72. The maximum Gasteiger partial charge on any atom is 0.115 e. The summed E-state index contributed by atoms with van der Waals surface area (Å²) in [7, 11) is 0. The van der Waals surface area contributed by atoms with Gasteiger partial charge in [-0.3, -0.25) is 0 Å². The van der Waals surface area contributed by atoms with E-state index in [-0.39, 0.29) is 5.75 Å². The summed E-state index contributed by atoms with van der Waals surface area (Å²) in [6, 6.07) is 30.0. The standard InChI is InChI=1S/C25H20N2O/c26-18-9-5-16(6-10-18)25(17-7-11-19(27)12-8-17)23-4-2-1-3-21(23)22-14-13-20(28)15-24(22)25/h1-15,28H,26-27H2. The second-order valence-electron chi connectivity index (χ2n) is 7.27. The van der Waals surface area contributed by atoms with Crippen LogP contribution in [0.2, 0.25) is 0 Å². The van der Waals surface area contributed by atoms with E-state index in [9.17, 15) is 5.11 Å². The molecule has 3 heteroatoms. The van der Waals surface area contributed by atoms with Crippen LogP contribution in [0.4, 0.5) is 11.4 Å². The van der Waals surface area contributed by atoms with Crippen molar-refractivity contribution in [3.63, 3.8) is 0 Å². The van der Waals surface area contributed by atoms with Crippen LogP contribution in [0, 0.1) is 0 Å². The van der Waals surface area contributed by atoms with Gasteiger partial charge in [0.2, 0.25) is 0 Å². The number of aromatic hydroxyl groups is 1. The normalized spacial score (nSPS) is 13.7. The van der Waals surface area contributed by atoms with Gasteiger partial charge in [-0.2, -0.15) is 0 Å². The van der Waals surface area contributed by atoms with Crippen LogP contribution in [0.15, 0.2) is 91.0 Å². The van der Waals surface area contributed by atoms with Crippen LogP contribution in [0.1, 0.15) is 22.3 Å². The zero-order valence-corrected chi connectivity index (χ0v) is 15.3. The molecule has 0 amide bonds. The zero-order valence-electron chi connectivity index (χ0n) is 15.3. The van der Waals surface area contributed by atoms with Crippen molar-refractivity contribution in [2.45, 2.75) is 5.41 Å². The monoisotopic (exact) mass is 364 g/mol. The zero-order chi connectivity index (χ0) is 19.3. The van der Waals surface area contributed by atoms with Crippen molar-refractivity contribution in [3.8, 4) is 16.9 Å². The van der Waals surface area contributed by atoms with Gasteiger partial charge < -0.3 is 16.6 Å². The molecule has 4 aromatic carbocycles. The number of hydrogen-bond acceptors (Lipinski definition) is 3. The largest absolute Gasteiger partial charge is 0.508 e. The quantitative estimate of drug-likeness (QED) is 0.389. The van der Waals surface area contributed by atoms with Crippen LogP contribution in [0.3, 0.4) is 0 Å². The SMILES string of the molecule is Nc1ccc(C2(c3ccc(N)cc3)c3ccccc3-c3ccc(O)cc32)cc1. The topological polar surface area (TPSA) is 72.3 Å².